The number of nitrogens with zero attached hydrogens (tertiary/aromatic N) is 1. The second-order valence-electron chi connectivity index (χ2n) is 3.51. The minimum atomic E-state index is -1.12. The molecule has 0 fully saturated rings. The normalized spacial score (nSPS) is 12.2. The summed E-state index contributed by atoms with van der Waals surface area (Å²) < 4.78 is 6.82. The molecule has 0 aromatic carbocycles. The van der Waals surface area contributed by atoms with E-state index in [0.717, 1.165) is 0 Å². The van der Waals surface area contributed by atoms with Crippen LogP contribution in [0.15, 0.2) is 17.1 Å². The van der Waals surface area contributed by atoms with Crippen LogP contribution in [0.25, 0.3) is 0 Å². The van der Waals surface area contributed by atoms with Crippen LogP contribution in [0.4, 0.5) is 0 Å². The smallest absolute Gasteiger partial charge is 0.344 e. The average molecular weight is 260 g/mol. The van der Waals surface area contributed by atoms with E-state index >= 15 is 0 Å². The van der Waals surface area contributed by atoms with Crippen molar-refractivity contribution in [3.05, 3.63) is 28.2 Å². The maximum Gasteiger partial charge on any atom is 0.344 e. The van der Waals surface area contributed by atoms with E-state index in [1.807, 2.05) is 6.92 Å². The topological polar surface area (TPSA) is 68.5 Å². The van der Waals surface area contributed by atoms with E-state index in [1.54, 1.807) is 4.57 Å². The number of halogens is 1. The maximum atomic E-state index is 11.6. The van der Waals surface area contributed by atoms with Crippen molar-refractivity contribution in [2.24, 2.45) is 0 Å². The Hall–Kier alpha value is -1.49. The van der Waals surface area contributed by atoms with Gasteiger partial charge in [-0.05, 0) is 13.8 Å². The van der Waals surface area contributed by atoms with Gasteiger partial charge in [0.25, 0.3) is 0 Å². The van der Waals surface area contributed by atoms with Gasteiger partial charge < -0.3 is 14.4 Å². The van der Waals surface area contributed by atoms with Gasteiger partial charge in [-0.2, -0.15) is 0 Å². The molecule has 0 aliphatic heterocycles. The van der Waals surface area contributed by atoms with Crippen LogP contribution in [-0.4, -0.2) is 21.7 Å². The summed E-state index contributed by atoms with van der Waals surface area (Å²) in [5.74, 6) is -0.873. The Balaban J connectivity index is 3.09. The zero-order valence-electron chi connectivity index (χ0n) is 9.64. The highest BCUT2D eigenvalue weighted by molar-refractivity contribution is 6.16. The van der Waals surface area contributed by atoms with Crippen LogP contribution in [0.1, 0.15) is 19.5 Å². The molecule has 17 heavy (non-hydrogen) atoms. The van der Waals surface area contributed by atoms with Crippen LogP contribution < -0.4 is 10.2 Å². The molecule has 0 saturated heterocycles. The average Bonchev–Trinajstić information content (AvgIpc) is 2.30. The minimum Gasteiger partial charge on any atom is -0.479 e. The molecule has 5 nitrogen and oxygen atoms in total. The summed E-state index contributed by atoms with van der Waals surface area (Å²) in [5, 5.41) is 8.71. The third-order valence-electron chi connectivity index (χ3n) is 2.31. The summed E-state index contributed by atoms with van der Waals surface area (Å²) in [6.45, 7) is 3.89. The summed E-state index contributed by atoms with van der Waals surface area (Å²) >= 11 is 5.70. The number of carboxylic acids is 1. The fourth-order valence-corrected chi connectivity index (χ4v) is 1.56. The van der Waals surface area contributed by atoms with Crippen LogP contribution in [0, 0.1) is 0 Å². The number of aryl methyl sites for hydroxylation is 1. The Morgan fingerprint density at radius 2 is 2.29 bits per heavy atom. The number of hydrogen-bond donors (Lipinski definition) is 1. The Kier molecular flexibility index (Phi) is 4.57. The van der Waals surface area contributed by atoms with Gasteiger partial charge in [-0.15, -0.1) is 11.6 Å². The van der Waals surface area contributed by atoms with Crippen LogP contribution in [-0.2, 0) is 17.2 Å². The van der Waals surface area contributed by atoms with E-state index in [1.165, 1.54) is 19.2 Å². The summed E-state index contributed by atoms with van der Waals surface area (Å²) in [6.07, 6.45) is 0.425. The number of pyridine rings is 1. The molecule has 1 aromatic rings. The van der Waals surface area contributed by atoms with E-state index in [9.17, 15) is 9.59 Å². The third kappa shape index (κ3) is 3.23. The van der Waals surface area contributed by atoms with Crippen LogP contribution in [0.5, 0.6) is 5.75 Å². The second kappa shape index (κ2) is 5.72. The minimum absolute atomic E-state index is 0.0237. The van der Waals surface area contributed by atoms with Gasteiger partial charge in [0.05, 0.1) is 12.1 Å². The first-order valence-corrected chi connectivity index (χ1v) is 5.71. The van der Waals surface area contributed by atoms with Crippen molar-refractivity contribution in [2.45, 2.75) is 32.4 Å². The molecule has 0 aliphatic rings. The SMILES string of the molecule is CCn1cc(OC(C)C(=O)O)c(=O)cc1CCl. The largest absolute Gasteiger partial charge is 0.479 e. The molecule has 94 valence electrons. The number of carbonyl (C=O) groups is 1. The van der Waals surface area contributed by atoms with Crippen molar-refractivity contribution in [3.8, 4) is 5.75 Å². The summed E-state index contributed by atoms with van der Waals surface area (Å²) in [5.41, 5.74) is 0.313. The van der Waals surface area contributed by atoms with Crippen molar-refractivity contribution in [3.63, 3.8) is 0 Å². The predicted octanol–water partition coefficient (Wildman–Crippen LogP) is 1.46. The lowest BCUT2D eigenvalue weighted by atomic mass is 10.3. The molecule has 0 saturated carbocycles. The van der Waals surface area contributed by atoms with Gasteiger partial charge in [-0.25, -0.2) is 4.79 Å². The number of ether oxygens (including phenoxy) is 1. The highest BCUT2D eigenvalue weighted by atomic mass is 35.5. The molecule has 1 N–H and O–H groups in total. The molecule has 1 aromatic heterocycles. The van der Waals surface area contributed by atoms with Crippen LogP contribution in [0.2, 0.25) is 0 Å². The standard InChI is InChI=1S/C11H14ClNO4/c1-3-13-6-10(17-7(2)11(15)16)9(14)4-8(13)5-12/h4,6-7H,3,5H2,1-2H3,(H,15,16). The third-order valence-corrected chi connectivity index (χ3v) is 2.59. The molecule has 0 radical (unpaired) electrons. The lowest BCUT2D eigenvalue weighted by Gasteiger charge is -2.14. The summed E-state index contributed by atoms with van der Waals surface area (Å²) in [6, 6.07) is 1.36. The number of carboxylic acid groups (broad SMARTS) is 1. The molecule has 0 amide bonds. The number of alkyl halides is 1. The van der Waals surface area contributed by atoms with E-state index < -0.39 is 12.1 Å². The molecule has 0 spiro atoms. The second-order valence-corrected chi connectivity index (χ2v) is 3.78. The zero-order valence-corrected chi connectivity index (χ0v) is 10.4. The van der Waals surface area contributed by atoms with Crippen LogP contribution in [0.3, 0.4) is 0 Å². The molecule has 1 heterocycles. The van der Waals surface area contributed by atoms with Crippen molar-refractivity contribution in [1.29, 1.82) is 0 Å². The lowest BCUT2D eigenvalue weighted by molar-refractivity contribution is -0.144. The molecule has 1 rings (SSSR count). The van der Waals surface area contributed by atoms with E-state index in [-0.39, 0.29) is 17.1 Å². The molecular formula is C11H14ClNO4. The first-order chi connectivity index (χ1) is 7.99. The molecule has 0 bridgehead atoms. The Morgan fingerprint density at radius 3 is 2.76 bits per heavy atom. The van der Waals surface area contributed by atoms with Crippen molar-refractivity contribution in [2.75, 3.05) is 0 Å². The van der Waals surface area contributed by atoms with Gasteiger partial charge in [0.15, 0.2) is 11.9 Å². The van der Waals surface area contributed by atoms with Crippen molar-refractivity contribution < 1.29 is 14.6 Å². The van der Waals surface area contributed by atoms with Gasteiger partial charge in [0.1, 0.15) is 0 Å². The molecule has 0 aliphatic carbocycles. The predicted molar refractivity (Wildman–Crippen MR) is 63.7 cm³/mol. The summed E-state index contributed by atoms with van der Waals surface area (Å²) in [7, 11) is 0. The lowest BCUT2D eigenvalue weighted by Crippen LogP contribution is -2.26. The fourth-order valence-electron chi connectivity index (χ4n) is 1.33. The van der Waals surface area contributed by atoms with Gasteiger partial charge >= 0.3 is 5.97 Å². The molecule has 6 heteroatoms. The first kappa shape index (κ1) is 13.6. The van der Waals surface area contributed by atoms with E-state index in [2.05, 4.69) is 0 Å². The van der Waals surface area contributed by atoms with E-state index in [0.29, 0.717) is 12.2 Å². The van der Waals surface area contributed by atoms with Gasteiger partial charge in [0, 0.05) is 18.3 Å². The van der Waals surface area contributed by atoms with Crippen molar-refractivity contribution >= 4 is 17.6 Å². The van der Waals surface area contributed by atoms with Gasteiger partial charge in [-0.1, -0.05) is 0 Å². The number of hydrogen-bond acceptors (Lipinski definition) is 3. The van der Waals surface area contributed by atoms with Crippen molar-refractivity contribution in [1.82, 2.24) is 4.57 Å². The molecule has 1 atom stereocenters. The monoisotopic (exact) mass is 259 g/mol. The highest BCUT2D eigenvalue weighted by Gasteiger charge is 2.15. The molecular weight excluding hydrogens is 246 g/mol. The zero-order chi connectivity index (χ0) is 13.0. The van der Waals surface area contributed by atoms with E-state index in [4.69, 9.17) is 21.4 Å². The Morgan fingerprint density at radius 1 is 1.65 bits per heavy atom. The number of aromatic nitrogens is 1. The van der Waals surface area contributed by atoms with Crippen LogP contribution >= 0.6 is 11.6 Å². The highest BCUT2D eigenvalue weighted by Crippen LogP contribution is 2.10. The van der Waals surface area contributed by atoms with Gasteiger partial charge in [0.2, 0.25) is 5.43 Å². The number of rotatable bonds is 5. The molecule has 1 unspecified atom stereocenters. The van der Waals surface area contributed by atoms with Gasteiger partial charge in [-0.3, -0.25) is 4.79 Å². The Labute approximate surface area is 104 Å². The Bertz CT molecular complexity index is 469. The first-order valence-electron chi connectivity index (χ1n) is 5.18. The quantitative estimate of drug-likeness (QED) is 0.813. The maximum absolute atomic E-state index is 11.6. The number of aliphatic carboxylic acids is 1. The fraction of sp³-hybridized carbons (Fsp3) is 0.455. The summed E-state index contributed by atoms with van der Waals surface area (Å²) in [4.78, 5) is 22.3.